The Labute approximate surface area is 74.7 Å². The molecule has 4 atom stereocenters. The second-order valence-corrected chi connectivity index (χ2v) is 4.12. The zero-order valence-electron chi connectivity index (χ0n) is 6.37. The van der Waals surface area contributed by atoms with Crippen LogP contribution in [0, 0.1) is 17.8 Å². The number of rotatable bonds is 1. The number of carbonyl (C=O) groups excluding carboxylic acids is 1. The first-order valence-electron chi connectivity index (χ1n) is 4.01. The van der Waals surface area contributed by atoms with Crippen molar-refractivity contribution in [2.45, 2.75) is 18.2 Å². The highest BCUT2D eigenvalue weighted by Gasteiger charge is 2.55. The van der Waals surface area contributed by atoms with Crippen LogP contribution in [0.2, 0.25) is 0 Å². The predicted octanol–water partition coefficient (Wildman–Crippen LogP) is 0.904. The molecule has 2 fully saturated rings. The minimum Gasteiger partial charge on any atom is -0.481 e. The van der Waals surface area contributed by atoms with Gasteiger partial charge in [0.2, 0.25) is 0 Å². The summed E-state index contributed by atoms with van der Waals surface area (Å²) >= 11 is 5.90. The molecule has 12 heavy (non-hydrogen) atoms. The van der Waals surface area contributed by atoms with Crippen molar-refractivity contribution in [2.75, 3.05) is 0 Å². The second-order valence-electron chi connectivity index (χ2n) is 3.56. The molecule has 2 rings (SSSR count). The van der Waals surface area contributed by atoms with E-state index in [0.29, 0.717) is 12.8 Å². The van der Waals surface area contributed by atoms with E-state index in [0.717, 1.165) is 0 Å². The van der Waals surface area contributed by atoms with Crippen LogP contribution in [-0.4, -0.2) is 22.2 Å². The van der Waals surface area contributed by atoms with Crippen molar-refractivity contribution >= 4 is 23.4 Å². The van der Waals surface area contributed by atoms with E-state index in [2.05, 4.69) is 0 Å². The number of ketones is 1. The van der Waals surface area contributed by atoms with Gasteiger partial charge in [-0.15, -0.1) is 11.6 Å². The standard InChI is InChI=1S/C8H9ClO3/c9-5-1-4-6(10)2-3(5)7(4)8(11)12/h3-5,7H,1-2H2,(H,11,12)/t3-,4+,5+,7+/m0/s1. The summed E-state index contributed by atoms with van der Waals surface area (Å²) in [5.74, 6) is -1.68. The number of carboxylic acids is 1. The fraction of sp³-hybridized carbons (Fsp3) is 0.750. The summed E-state index contributed by atoms with van der Waals surface area (Å²) in [6.07, 6.45) is 0.928. The maximum Gasteiger partial charge on any atom is 0.307 e. The highest BCUT2D eigenvalue weighted by Crippen LogP contribution is 2.49. The maximum absolute atomic E-state index is 11.2. The predicted molar refractivity (Wildman–Crippen MR) is 42.0 cm³/mol. The van der Waals surface area contributed by atoms with E-state index in [1.54, 1.807) is 0 Å². The van der Waals surface area contributed by atoms with Crippen LogP contribution in [0.25, 0.3) is 0 Å². The Morgan fingerprint density at radius 2 is 2.25 bits per heavy atom. The third kappa shape index (κ3) is 0.891. The summed E-state index contributed by atoms with van der Waals surface area (Å²) in [5.41, 5.74) is 0. The Morgan fingerprint density at radius 1 is 1.58 bits per heavy atom. The number of carboxylic acid groups (broad SMARTS) is 1. The summed E-state index contributed by atoms with van der Waals surface area (Å²) < 4.78 is 0. The van der Waals surface area contributed by atoms with Gasteiger partial charge in [-0.1, -0.05) is 0 Å². The highest BCUT2D eigenvalue weighted by molar-refractivity contribution is 6.22. The van der Waals surface area contributed by atoms with E-state index >= 15 is 0 Å². The highest BCUT2D eigenvalue weighted by atomic mass is 35.5. The first-order chi connectivity index (χ1) is 5.61. The van der Waals surface area contributed by atoms with Crippen LogP contribution in [0.4, 0.5) is 0 Å². The summed E-state index contributed by atoms with van der Waals surface area (Å²) in [5, 5.41) is 8.72. The topological polar surface area (TPSA) is 54.4 Å². The number of fused-ring (bicyclic) bond motifs is 2. The van der Waals surface area contributed by atoms with Crippen LogP contribution < -0.4 is 0 Å². The molecule has 3 nitrogen and oxygen atoms in total. The Morgan fingerprint density at radius 3 is 2.58 bits per heavy atom. The van der Waals surface area contributed by atoms with Crippen molar-refractivity contribution in [1.29, 1.82) is 0 Å². The molecule has 0 heterocycles. The van der Waals surface area contributed by atoms with E-state index in [1.165, 1.54) is 0 Å². The molecule has 0 unspecified atom stereocenters. The van der Waals surface area contributed by atoms with Crippen molar-refractivity contribution in [3.63, 3.8) is 0 Å². The minimum atomic E-state index is -0.862. The first-order valence-corrected chi connectivity index (χ1v) is 4.44. The van der Waals surface area contributed by atoms with Gasteiger partial charge in [0.15, 0.2) is 0 Å². The van der Waals surface area contributed by atoms with Crippen LogP contribution in [0.15, 0.2) is 0 Å². The molecule has 0 aromatic rings. The lowest BCUT2D eigenvalue weighted by molar-refractivity contribution is -0.144. The molecule has 4 heteroatoms. The van der Waals surface area contributed by atoms with Gasteiger partial charge in [-0.05, 0) is 12.3 Å². The fourth-order valence-electron chi connectivity index (χ4n) is 2.41. The van der Waals surface area contributed by atoms with Gasteiger partial charge >= 0.3 is 5.97 Å². The van der Waals surface area contributed by atoms with E-state index < -0.39 is 11.9 Å². The van der Waals surface area contributed by atoms with Gasteiger partial charge in [0.25, 0.3) is 0 Å². The quantitative estimate of drug-likeness (QED) is 0.623. The average molecular weight is 189 g/mol. The lowest BCUT2D eigenvalue weighted by atomic mass is 9.98. The molecule has 0 aliphatic heterocycles. The molecule has 0 amide bonds. The minimum absolute atomic E-state index is 0.0873. The van der Waals surface area contributed by atoms with E-state index in [9.17, 15) is 9.59 Å². The number of hydrogen-bond acceptors (Lipinski definition) is 2. The molecule has 0 saturated heterocycles. The molecule has 0 aromatic heterocycles. The molecule has 0 aromatic carbocycles. The van der Waals surface area contributed by atoms with E-state index in [4.69, 9.17) is 16.7 Å². The maximum atomic E-state index is 11.2. The molecular weight excluding hydrogens is 180 g/mol. The van der Waals surface area contributed by atoms with Gasteiger partial charge in [0, 0.05) is 17.7 Å². The second kappa shape index (κ2) is 2.46. The zero-order valence-corrected chi connectivity index (χ0v) is 7.12. The number of halogens is 1. The number of carbonyl (C=O) groups is 2. The van der Waals surface area contributed by atoms with Crippen molar-refractivity contribution in [3.8, 4) is 0 Å². The molecule has 2 aliphatic rings. The molecule has 0 radical (unpaired) electrons. The van der Waals surface area contributed by atoms with Gasteiger partial charge in [-0.3, -0.25) is 9.59 Å². The average Bonchev–Trinajstić information content (AvgIpc) is 2.41. The number of alkyl halides is 1. The molecule has 0 spiro atoms. The zero-order chi connectivity index (χ0) is 8.88. The number of aliphatic carboxylic acids is 1. The first kappa shape index (κ1) is 8.05. The van der Waals surface area contributed by atoms with Gasteiger partial charge in [-0.25, -0.2) is 0 Å². The van der Waals surface area contributed by atoms with Crippen LogP contribution >= 0.6 is 11.6 Å². The van der Waals surface area contributed by atoms with Crippen LogP contribution in [-0.2, 0) is 9.59 Å². The van der Waals surface area contributed by atoms with Crippen LogP contribution in [0.5, 0.6) is 0 Å². The molecule has 66 valence electrons. The van der Waals surface area contributed by atoms with E-state index in [-0.39, 0.29) is 23.0 Å². The van der Waals surface area contributed by atoms with Gasteiger partial charge in [0.05, 0.1) is 5.92 Å². The van der Waals surface area contributed by atoms with Crippen molar-refractivity contribution in [2.24, 2.45) is 17.8 Å². The van der Waals surface area contributed by atoms with Gasteiger partial charge < -0.3 is 5.11 Å². The lowest BCUT2D eigenvalue weighted by Gasteiger charge is -2.12. The molecular formula is C8H9ClO3. The Hall–Kier alpha value is -0.570. The monoisotopic (exact) mass is 188 g/mol. The van der Waals surface area contributed by atoms with E-state index in [1.807, 2.05) is 0 Å². The summed E-state index contributed by atoms with van der Waals surface area (Å²) in [6.45, 7) is 0. The van der Waals surface area contributed by atoms with Crippen molar-refractivity contribution in [3.05, 3.63) is 0 Å². The largest absolute Gasteiger partial charge is 0.481 e. The molecule has 2 saturated carbocycles. The smallest absolute Gasteiger partial charge is 0.307 e. The SMILES string of the molecule is O=C(O)[C@@H]1[C@H]2CC(=O)[C@H]1C[C@H]2Cl. The summed E-state index contributed by atoms with van der Waals surface area (Å²) in [4.78, 5) is 21.9. The van der Waals surface area contributed by atoms with Crippen LogP contribution in [0.3, 0.4) is 0 Å². The summed E-state index contributed by atoms with van der Waals surface area (Å²) in [7, 11) is 0. The molecule has 2 bridgehead atoms. The van der Waals surface area contributed by atoms with Crippen LogP contribution in [0.1, 0.15) is 12.8 Å². The number of hydrogen-bond donors (Lipinski definition) is 1. The third-order valence-corrected chi connectivity index (χ3v) is 3.48. The molecule has 2 aliphatic carbocycles. The Bertz CT molecular complexity index is 251. The fourth-order valence-corrected chi connectivity index (χ4v) is 2.85. The Balaban J connectivity index is 2.28. The van der Waals surface area contributed by atoms with Crippen molar-refractivity contribution < 1.29 is 14.7 Å². The number of Topliss-reactive ketones (excluding diaryl/α,β-unsaturated/α-hetero) is 1. The third-order valence-electron chi connectivity index (χ3n) is 2.97. The normalized spacial score (nSPS) is 45.2. The Kier molecular flexibility index (Phi) is 1.65. The lowest BCUT2D eigenvalue weighted by Crippen LogP contribution is -2.20. The summed E-state index contributed by atoms with van der Waals surface area (Å²) in [6, 6.07) is 0. The van der Waals surface area contributed by atoms with Gasteiger partial charge in [0.1, 0.15) is 5.78 Å². The van der Waals surface area contributed by atoms with Crippen molar-refractivity contribution in [1.82, 2.24) is 0 Å². The van der Waals surface area contributed by atoms with Gasteiger partial charge in [-0.2, -0.15) is 0 Å². The molecule has 1 N–H and O–H groups in total.